The number of aromatic nitrogens is 1. The minimum atomic E-state index is -3.61. The summed E-state index contributed by atoms with van der Waals surface area (Å²) in [6.45, 7) is 3.84. The molecule has 0 fully saturated rings. The first-order chi connectivity index (χ1) is 9.92. The Morgan fingerprint density at radius 3 is 2.62 bits per heavy atom. The van der Waals surface area contributed by atoms with Gasteiger partial charge in [0.05, 0.1) is 16.8 Å². The fourth-order valence-electron chi connectivity index (χ4n) is 1.94. The molecule has 0 spiro atoms. The molecule has 21 heavy (non-hydrogen) atoms. The van der Waals surface area contributed by atoms with Crippen LogP contribution >= 0.6 is 0 Å². The van der Waals surface area contributed by atoms with Crippen molar-refractivity contribution in [2.24, 2.45) is 0 Å². The van der Waals surface area contributed by atoms with Crippen molar-refractivity contribution in [1.82, 2.24) is 10.3 Å². The minimum Gasteiger partial charge on any atom is -0.313 e. The molecular weight excluding hydrogens is 286 g/mol. The second-order valence-electron chi connectivity index (χ2n) is 4.94. The zero-order valence-electron chi connectivity index (χ0n) is 12.3. The Labute approximate surface area is 125 Å². The molecule has 1 aromatic carbocycles. The average Bonchev–Trinajstić information content (AvgIpc) is 2.46. The number of aryl methyl sites for hydroxylation is 1. The fraction of sp³-hybridized carbons (Fsp3) is 0.267. The van der Waals surface area contributed by atoms with Crippen LogP contribution in [0, 0.1) is 6.92 Å². The van der Waals surface area contributed by atoms with Crippen LogP contribution < -0.4 is 10.0 Å². The Bertz CT molecular complexity index is 729. The lowest BCUT2D eigenvalue weighted by atomic mass is 10.1. The molecular formula is C15H19N3O2S. The van der Waals surface area contributed by atoms with E-state index in [9.17, 15) is 8.42 Å². The number of nitrogens with zero attached hydrogens (tertiary/aromatic N) is 1. The highest BCUT2D eigenvalue weighted by Crippen LogP contribution is 2.20. The Kier molecular flexibility index (Phi) is 4.59. The number of nitrogens with one attached hydrogen (secondary N) is 2. The van der Waals surface area contributed by atoms with Gasteiger partial charge in [0.15, 0.2) is 0 Å². The molecule has 0 bridgehead atoms. The van der Waals surface area contributed by atoms with E-state index in [4.69, 9.17) is 0 Å². The number of hydrogen-bond acceptors (Lipinski definition) is 4. The molecule has 1 atom stereocenters. The van der Waals surface area contributed by atoms with Gasteiger partial charge in [-0.15, -0.1) is 0 Å². The Hall–Kier alpha value is -1.92. The lowest BCUT2D eigenvalue weighted by molar-refractivity contribution is 0.600. The van der Waals surface area contributed by atoms with E-state index in [2.05, 4.69) is 15.0 Å². The van der Waals surface area contributed by atoms with E-state index in [1.54, 1.807) is 30.5 Å². The van der Waals surface area contributed by atoms with E-state index < -0.39 is 10.0 Å². The van der Waals surface area contributed by atoms with Crippen molar-refractivity contribution in [3.05, 3.63) is 53.9 Å². The van der Waals surface area contributed by atoms with E-state index in [1.165, 1.54) is 6.20 Å². The molecule has 2 aromatic rings. The van der Waals surface area contributed by atoms with Gasteiger partial charge in [-0.1, -0.05) is 12.1 Å². The summed E-state index contributed by atoms with van der Waals surface area (Å²) in [6, 6.07) is 8.72. The third-order valence-corrected chi connectivity index (χ3v) is 4.61. The maximum absolute atomic E-state index is 12.4. The number of benzene rings is 1. The zero-order chi connectivity index (χ0) is 15.5. The van der Waals surface area contributed by atoms with Gasteiger partial charge in [0.25, 0.3) is 10.0 Å². The van der Waals surface area contributed by atoms with Crippen LogP contribution in [0.5, 0.6) is 0 Å². The first kappa shape index (κ1) is 15.5. The highest BCUT2D eigenvalue weighted by molar-refractivity contribution is 7.92. The van der Waals surface area contributed by atoms with Gasteiger partial charge < -0.3 is 5.32 Å². The van der Waals surface area contributed by atoms with Crippen molar-refractivity contribution >= 4 is 15.7 Å². The minimum absolute atomic E-state index is 0.0841. The van der Waals surface area contributed by atoms with Crippen LogP contribution in [0.25, 0.3) is 0 Å². The van der Waals surface area contributed by atoms with Crippen LogP contribution in [0.4, 0.5) is 5.69 Å². The molecule has 1 heterocycles. The average molecular weight is 305 g/mol. The third-order valence-electron chi connectivity index (χ3n) is 3.23. The first-order valence-corrected chi connectivity index (χ1v) is 8.12. The van der Waals surface area contributed by atoms with Crippen LogP contribution in [-0.4, -0.2) is 20.4 Å². The highest BCUT2D eigenvalue weighted by Gasteiger charge is 2.16. The van der Waals surface area contributed by atoms with Crippen LogP contribution in [-0.2, 0) is 10.0 Å². The van der Waals surface area contributed by atoms with Gasteiger partial charge in [-0.05, 0) is 50.2 Å². The monoisotopic (exact) mass is 305 g/mol. The molecule has 0 aliphatic carbocycles. The van der Waals surface area contributed by atoms with Gasteiger partial charge >= 0.3 is 0 Å². The van der Waals surface area contributed by atoms with E-state index in [1.807, 2.05) is 27.0 Å². The van der Waals surface area contributed by atoms with Crippen molar-refractivity contribution in [1.29, 1.82) is 0 Å². The first-order valence-electron chi connectivity index (χ1n) is 6.64. The van der Waals surface area contributed by atoms with Gasteiger partial charge in [-0.3, -0.25) is 9.71 Å². The number of rotatable bonds is 5. The molecule has 0 saturated heterocycles. The van der Waals surface area contributed by atoms with Gasteiger partial charge in [0, 0.05) is 12.2 Å². The molecule has 2 N–H and O–H groups in total. The molecule has 0 radical (unpaired) electrons. The summed E-state index contributed by atoms with van der Waals surface area (Å²) in [5.41, 5.74) is 2.28. The molecule has 0 aliphatic heterocycles. The Balaban J connectivity index is 2.31. The molecule has 0 aliphatic rings. The van der Waals surface area contributed by atoms with Gasteiger partial charge in [-0.2, -0.15) is 0 Å². The zero-order valence-corrected chi connectivity index (χ0v) is 13.1. The molecule has 1 aromatic heterocycles. The molecule has 2 rings (SSSR count). The lowest BCUT2D eigenvalue weighted by Gasteiger charge is -2.13. The van der Waals surface area contributed by atoms with E-state index >= 15 is 0 Å². The second-order valence-corrected chi connectivity index (χ2v) is 6.62. The molecule has 6 heteroatoms. The van der Waals surface area contributed by atoms with E-state index in [-0.39, 0.29) is 10.9 Å². The predicted octanol–water partition coefficient (Wildman–Crippen LogP) is 2.47. The lowest BCUT2D eigenvalue weighted by Crippen LogP contribution is -2.16. The number of pyridine rings is 1. The summed E-state index contributed by atoms with van der Waals surface area (Å²) in [4.78, 5) is 4.22. The van der Waals surface area contributed by atoms with Crippen molar-refractivity contribution in [3.8, 4) is 0 Å². The molecule has 0 amide bonds. The summed E-state index contributed by atoms with van der Waals surface area (Å²) < 4.78 is 27.4. The van der Waals surface area contributed by atoms with Crippen molar-refractivity contribution in [3.63, 3.8) is 0 Å². The standard InChI is InChI=1S/C15H19N3O2S/c1-11-7-14(10-17-9-11)18-21(19,20)15-6-4-5-13(8-15)12(2)16-3/h4-10,12,16,18H,1-3H3. The summed E-state index contributed by atoms with van der Waals surface area (Å²) in [7, 11) is -1.78. The van der Waals surface area contributed by atoms with Crippen molar-refractivity contribution in [2.75, 3.05) is 11.8 Å². The predicted molar refractivity (Wildman–Crippen MR) is 83.7 cm³/mol. The van der Waals surface area contributed by atoms with Gasteiger partial charge in [-0.25, -0.2) is 8.42 Å². The van der Waals surface area contributed by atoms with Crippen LogP contribution in [0.1, 0.15) is 24.1 Å². The van der Waals surface area contributed by atoms with Crippen molar-refractivity contribution in [2.45, 2.75) is 24.8 Å². The molecule has 5 nitrogen and oxygen atoms in total. The number of hydrogen-bond donors (Lipinski definition) is 2. The Morgan fingerprint density at radius 2 is 1.95 bits per heavy atom. The van der Waals surface area contributed by atoms with Crippen molar-refractivity contribution < 1.29 is 8.42 Å². The smallest absolute Gasteiger partial charge is 0.261 e. The molecule has 0 saturated carbocycles. The maximum Gasteiger partial charge on any atom is 0.261 e. The topological polar surface area (TPSA) is 71.1 Å². The van der Waals surface area contributed by atoms with Crippen LogP contribution in [0.3, 0.4) is 0 Å². The summed E-state index contributed by atoms with van der Waals surface area (Å²) in [5, 5.41) is 3.09. The second kappa shape index (κ2) is 6.24. The molecule has 112 valence electrons. The van der Waals surface area contributed by atoms with E-state index in [0.717, 1.165) is 11.1 Å². The highest BCUT2D eigenvalue weighted by atomic mass is 32.2. The molecule has 1 unspecified atom stereocenters. The maximum atomic E-state index is 12.4. The normalized spacial score (nSPS) is 12.9. The Morgan fingerprint density at radius 1 is 1.19 bits per heavy atom. The fourth-order valence-corrected chi connectivity index (χ4v) is 3.03. The quantitative estimate of drug-likeness (QED) is 0.890. The van der Waals surface area contributed by atoms with Gasteiger partial charge in [0.2, 0.25) is 0 Å². The van der Waals surface area contributed by atoms with Crippen LogP contribution in [0.2, 0.25) is 0 Å². The summed E-state index contributed by atoms with van der Waals surface area (Å²) >= 11 is 0. The largest absolute Gasteiger partial charge is 0.313 e. The third kappa shape index (κ3) is 3.80. The number of sulfonamides is 1. The summed E-state index contributed by atoms with van der Waals surface area (Å²) in [6.07, 6.45) is 3.16. The number of anilines is 1. The van der Waals surface area contributed by atoms with E-state index in [0.29, 0.717) is 5.69 Å². The van der Waals surface area contributed by atoms with Gasteiger partial charge in [0.1, 0.15) is 0 Å². The van der Waals surface area contributed by atoms with Crippen LogP contribution in [0.15, 0.2) is 47.6 Å². The summed E-state index contributed by atoms with van der Waals surface area (Å²) in [5.74, 6) is 0. The SMILES string of the molecule is CNC(C)c1cccc(S(=O)(=O)Nc2cncc(C)c2)c1.